The summed E-state index contributed by atoms with van der Waals surface area (Å²) in [7, 11) is 0. The van der Waals surface area contributed by atoms with Crippen LogP contribution in [0.1, 0.15) is 26.3 Å². The molecule has 1 aliphatic heterocycles. The van der Waals surface area contributed by atoms with Crippen LogP contribution in [0.5, 0.6) is 0 Å². The van der Waals surface area contributed by atoms with Gasteiger partial charge in [-0.3, -0.25) is 4.79 Å². The molecule has 1 heterocycles. The van der Waals surface area contributed by atoms with Crippen LogP contribution in [0.25, 0.3) is 6.08 Å². The summed E-state index contributed by atoms with van der Waals surface area (Å²) < 4.78 is 19.6. The number of nitrogens with zero attached hydrogens (tertiary/aromatic N) is 1. The van der Waals surface area contributed by atoms with E-state index in [2.05, 4.69) is 0 Å². The number of ether oxygens (including phenoxy) is 1. The van der Waals surface area contributed by atoms with Crippen LogP contribution in [0, 0.1) is 5.82 Å². The van der Waals surface area contributed by atoms with E-state index in [1.54, 1.807) is 30.3 Å². The molecule has 1 fully saturated rings. The van der Waals surface area contributed by atoms with Gasteiger partial charge in [0.15, 0.2) is 5.78 Å². The molecule has 6 heteroatoms. The predicted octanol–water partition coefficient (Wildman–Crippen LogP) is 3.26. The lowest BCUT2D eigenvalue weighted by atomic mass is 10.1. The number of carbonyl (C=O) groups excluding carboxylic acids is 1. The molecular formula is C20H18FNO4. The predicted molar refractivity (Wildman–Crippen MR) is 96.2 cm³/mol. The van der Waals surface area contributed by atoms with Gasteiger partial charge in [-0.2, -0.15) is 0 Å². The molecule has 0 unspecified atom stereocenters. The molecule has 2 aromatic carbocycles. The second-order valence-electron chi connectivity index (χ2n) is 5.89. The fraction of sp³-hybridized carbons (Fsp3) is 0.200. The van der Waals surface area contributed by atoms with Gasteiger partial charge in [0, 0.05) is 18.7 Å². The Labute approximate surface area is 150 Å². The highest BCUT2D eigenvalue weighted by molar-refractivity contribution is 6.07. The number of halogens is 1. The Bertz CT molecular complexity index is 839. The molecule has 2 aromatic rings. The zero-order chi connectivity index (χ0) is 18.5. The van der Waals surface area contributed by atoms with Crippen molar-refractivity contribution in [2.24, 2.45) is 0 Å². The SMILES string of the molecule is O=C(O)c1ccc(C=CC(=O)c2ccc(N3CCOCC3)c(F)c2)cc1. The number of benzene rings is 2. The molecule has 5 nitrogen and oxygen atoms in total. The average Bonchev–Trinajstić information content (AvgIpc) is 2.67. The van der Waals surface area contributed by atoms with Crippen molar-refractivity contribution in [3.8, 4) is 0 Å². The fourth-order valence-electron chi connectivity index (χ4n) is 2.73. The van der Waals surface area contributed by atoms with Gasteiger partial charge in [0.1, 0.15) is 5.82 Å². The van der Waals surface area contributed by atoms with Crippen molar-refractivity contribution in [1.82, 2.24) is 0 Å². The third kappa shape index (κ3) is 4.15. The summed E-state index contributed by atoms with van der Waals surface area (Å²) in [5, 5.41) is 8.87. The summed E-state index contributed by atoms with van der Waals surface area (Å²) in [6.07, 6.45) is 2.92. The van der Waals surface area contributed by atoms with E-state index in [-0.39, 0.29) is 16.9 Å². The second-order valence-corrected chi connectivity index (χ2v) is 5.89. The van der Waals surface area contributed by atoms with Gasteiger partial charge in [-0.05, 0) is 42.0 Å². The first-order chi connectivity index (χ1) is 12.5. The van der Waals surface area contributed by atoms with E-state index < -0.39 is 11.8 Å². The Balaban J connectivity index is 1.71. The lowest BCUT2D eigenvalue weighted by Gasteiger charge is -2.29. The van der Waals surface area contributed by atoms with Crippen LogP contribution < -0.4 is 4.90 Å². The van der Waals surface area contributed by atoms with Crippen LogP contribution in [-0.2, 0) is 4.74 Å². The maximum atomic E-state index is 14.4. The highest BCUT2D eigenvalue weighted by Crippen LogP contribution is 2.22. The highest BCUT2D eigenvalue weighted by Gasteiger charge is 2.16. The van der Waals surface area contributed by atoms with E-state index in [4.69, 9.17) is 9.84 Å². The van der Waals surface area contributed by atoms with Crippen molar-refractivity contribution in [3.63, 3.8) is 0 Å². The molecule has 0 saturated carbocycles. The molecule has 0 spiro atoms. The minimum absolute atomic E-state index is 0.175. The van der Waals surface area contributed by atoms with Gasteiger partial charge >= 0.3 is 5.97 Å². The van der Waals surface area contributed by atoms with Gasteiger partial charge in [-0.1, -0.05) is 18.2 Å². The molecule has 0 bridgehead atoms. The first-order valence-corrected chi connectivity index (χ1v) is 8.22. The van der Waals surface area contributed by atoms with Crippen LogP contribution in [0.2, 0.25) is 0 Å². The molecule has 0 amide bonds. The number of anilines is 1. The van der Waals surface area contributed by atoms with Crippen molar-refractivity contribution in [2.75, 3.05) is 31.2 Å². The van der Waals surface area contributed by atoms with Crippen LogP contribution >= 0.6 is 0 Å². The number of rotatable bonds is 5. The topological polar surface area (TPSA) is 66.8 Å². The minimum atomic E-state index is -1.01. The van der Waals surface area contributed by atoms with Gasteiger partial charge < -0.3 is 14.7 Å². The molecule has 1 N–H and O–H groups in total. The number of aromatic carboxylic acids is 1. The number of allylic oxidation sites excluding steroid dienone is 1. The summed E-state index contributed by atoms with van der Waals surface area (Å²) in [5.74, 6) is -1.76. The molecule has 134 valence electrons. The smallest absolute Gasteiger partial charge is 0.335 e. The lowest BCUT2D eigenvalue weighted by Crippen LogP contribution is -2.36. The summed E-state index contributed by atoms with van der Waals surface area (Å²) >= 11 is 0. The van der Waals surface area contributed by atoms with E-state index >= 15 is 0 Å². The molecular weight excluding hydrogens is 337 g/mol. The molecule has 1 saturated heterocycles. The van der Waals surface area contributed by atoms with Crippen molar-refractivity contribution in [2.45, 2.75) is 0 Å². The number of carbonyl (C=O) groups is 2. The average molecular weight is 355 g/mol. The van der Waals surface area contributed by atoms with Crippen molar-refractivity contribution >= 4 is 23.5 Å². The van der Waals surface area contributed by atoms with E-state index in [0.717, 1.165) is 0 Å². The molecule has 0 radical (unpaired) electrons. The summed E-state index contributed by atoms with van der Waals surface area (Å²) in [5.41, 5.74) is 1.60. The quantitative estimate of drug-likeness (QED) is 0.659. The van der Waals surface area contributed by atoms with E-state index in [0.29, 0.717) is 37.6 Å². The van der Waals surface area contributed by atoms with E-state index in [9.17, 15) is 14.0 Å². The number of ketones is 1. The summed E-state index contributed by atoms with van der Waals surface area (Å²) in [6, 6.07) is 10.6. The van der Waals surface area contributed by atoms with Gasteiger partial charge in [0.05, 0.1) is 24.5 Å². The number of hydrogen-bond acceptors (Lipinski definition) is 4. The first kappa shape index (κ1) is 17.8. The molecule has 26 heavy (non-hydrogen) atoms. The standard InChI is InChI=1S/C20H18FNO4/c21-17-13-16(6-7-18(17)22-9-11-26-12-10-22)19(23)8-3-14-1-4-15(5-2-14)20(24)25/h1-8,13H,9-12H2,(H,24,25). The maximum absolute atomic E-state index is 14.4. The summed E-state index contributed by atoms with van der Waals surface area (Å²) in [6.45, 7) is 2.36. The molecule has 0 aromatic heterocycles. The van der Waals surface area contributed by atoms with Crippen LogP contribution in [0.15, 0.2) is 48.5 Å². The first-order valence-electron chi connectivity index (χ1n) is 8.22. The third-order valence-electron chi connectivity index (χ3n) is 4.17. The Morgan fingerprint density at radius 3 is 2.31 bits per heavy atom. The van der Waals surface area contributed by atoms with Crippen molar-refractivity contribution in [1.29, 1.82) is 0 Å². The van der Waals surface area contributed by atoms with Gasteiger partial charge in [-0.15, -0.1) is 0 Å². The Hall–Kier alpha value is -2.99. The summed E-state index contributed by atoms with van der Waals surface area (Å²) in [4.78, 5) is 25.0. The van der Waals surface area contributed by atoms with Crippen LogP contribution in [-0.4, -0.2) is 43.2 Å². The maximum Gasteiger partial charge on any atom is 0.335 e. The van der Waals surface area contributed by atoms with E-state index in [1.807, 2.05) is 4.90 Å². The normalized spacial score (nSPS) is 14.6. The van der Waals surface area contributed by atoms with E-state index in [1.165, 1.54) is 24.3 Å². The lowest BCUT2D eigenvalue weighted by molar-refractivity contribution is 0.0696. The number of hydrogen-bond donors (Lipinski definition) is 1. The molecule has 3 rings (SSSR count). The minimum Gasteiger partial charge on any atom is -0.478 e. The number of carboxylic acid groups (broad SMARTS) is 1. The molecule has 0 atom stereocenters. The second kappa shape index (κ2) is 7.93. The fourth-order valence-corrected chi connectivity index (χ4v) is 2.73. The van der Waals surface area contributed by atoms with Crippen molar-refractivity contribution < 1.29 is 23.8 Å². The largest absolute Gasteiger partial charge is 0.478 e. The Morgan fingerprint density at radius 2 is 1.69 bits per heavy atom. The molecule has 0 aliphatic carbocycles. The molecule has 1 aliphatic rings. The van der Waals surface area contributed by atoms with Gasteiger partial charge in [-0.25, -0.2) is 9.18 Å². The van der Waals surface area contributed by atoms with Gasteiger partial charge in [0.25, 0.3) is 0 Å². The third-order valence-corrected chi connectivity index (χ3v) is 4.17. The Morgan fingerprint density at radius 1 is 1.04 bits per heavy atom. The number of carboxylic acids is 1. The monoisotopic (exact) mass is 355 g/mol. The van der Waals surface area contributed by atoms with Crippen LogP contribution in [0.3, 0.4) is 0 Å². The zero-order valence-corrected chi connectivity index (χ0v) is 14.0. The van der Waals surface area contributed by atoms with Crippen molar-refractivity contribution in [3.05, 3.63) is 71.0 Å². The van der Waals surface area contributed by atoms with Crippen LogP contribution in [0.4, 0.5) is 10.1 Å². The van der Waals surface area contributed by atoms with Gasteiger partial charge in [0.2, 0.25) is 0 Å². The zero-order valence-electron chi connectivity index (χ0n) is 14.0. The number of morpholine rings is 1. The Kier molecular flexibility index (Phi) is 5.43. The highest BCUT2D eigenvalue weighted by atomic mass is 19.1.